The van der Waals surface area contributed by atoms with Crippen molar-refractivity contribution in [3.8, 4) is 0 Å². The van der Waals surface area contributed by atoms with E-state index in [0.29, 0.717) is 0 Å². The summed E-state index contributed by atoms with van der Waals surface area (Å²) in [6.07, 6.45) is 0. The van der Waals surface area contributed by atoms with Crippen LogP contribution in [0.5, 0.6) is 0 Å². The standard InChI is InChI=1S/C24H34P2/c1-22(2,3)17-15-19(23(4,5)6)21(20(16-17)24(7,8)9)26-25-18-13-11-10-12-14-18/h10-16H,1-9H3. The predicted molar refractivity (Wildman–Crippen MR) is 122 cm³/mol. The molecule has 2 rings (SSSR count). The van der Waals surface area contributed by atoms with Gasteiger partial charge in [-0.2, -0.15) is 0 Å². The molecule has 0 heterocycles. The lowest BCUT2D eigenvalue weighted by atomic mass is 9.75. The van der Waals surface area contributed by atoms with Crippen molar-refractivity contribution in [1.82, 2.24) is 0 Å². The Hall–Kier alpha value is -0.960. The smallest absolute Gasteiger partial charge is 0.0138 e. The molecule has 140 valence electrons. The van der Waals surface area contributed by atoms with E-state index in [1.165, 1.54) is 43.0 Å². The average Bonchev–Trinajstić information content (AvgIpc) is 2.50. The Morgan fingerprint density at radius 3 is 1.42 bits per heavy atom. The molecule has 0 amide bonds. The first kappa shape index (κ1) is 21.3. The maximum atomic E-state index is 2.47. The zero-order chi connectivity index (χ0) is 19.8. The van der Waals surface area contributed by atoms with Crippen LogP contribution in [0.2, 0.25) is 0 Å². The van der Waals surface area contributed by atoms with E-state index in [-0.39, 0.29) is 16.2 Å². The highest BCUT2D eigenvalue weighted by Gasteiger charge is 2.28. The molecule has 0 aliphatic carbocycles. The lowest BCUT2D eigenvalue weighted by Gasteiger charge is -2.32. The summed E-state index contributed by atoms with van der Waals surface area (Å²) >= 11 is 0. The quantitative estimate of drug-likeness (QED) is 0.475. The normalized spacial score (nSPS) is 13.4. The van der Waals surface area contributed by atoms with Gasteiger partial charge in [0.15, 0.2) is 0 Å². The first-order valence-electron chi connectivity index (χ1n) is 9.46. The van der Waals surface area contributed by atoms with Gasteiger partial charge in [0.2, 0.25) is 0 Å². The maximum Gasteiger partial charge on any atom is 0.0138 e. The highest BCUT2D eigenvalue weighted by atomic mass is 31.7. The van der Waals surface area contributed by atoms with E-state index in [1.54, 1.807) is 0 Å². The van der Waals surface area contributed by atoms with Crippen molar-refractivity contribution < 1.29 is 0 Å². The summed E-state index contributed by atoms with van der Waals surface area (Å²) in [5.41, 5.74) is 4.88. The van der Waals surface area contributed by atoms with E-state index in [2.05, 4.69) is 105 Å². The van der Waals surface area contributed by atoms with Gasteiger partial charge in [-0.15, -0.1) is 0 Å². The predicted octanol–water partition coefficient (Wildman–Crippen LogP) is 7.34. The lowest BCUT2D eigenvalue weighted by Crippen LogP contribution is -2.29. The van der Waals surface area contributed by atoms with Crippen molar-refractivity contribution in [2.45, 2.75) is 78.6 Å². The number of benzene rings is 2. The van der Waals surface area contributed by atoms with Gasteiger partial charge in [-0.25, -0.2) is 0 Å². The van der Waals surface area contributed by atoms with Crippen LogP contribution >= 0.6 is 15.7 Å². The first-order chi connectivity index (χ1) is 11.8. The minimum absolute atomic E-state index is 0.135. The van der Waals surface area contributed by atoms with Crippen LogP contribution in [-0.2, 0) is 16.2 Å². The minimum Gasteiger partial charge on any atom is -0.0622 e. The molecule has 0 spiro atoms. The molecule has 0 aliphatic rings. The molecule has 26 heavy (non-hydrogen) atoms. The maximum absolute atomic E-state index is 2.47. The van der Waals surface area contributed by atoms with Gasteiger partial charge in [0.1, 0.15) is 0 Å². The van der Waals surface area contributed by atoms with Crippen LogP contribution in [0.3, 0.4) is 0 Å². The van der Waals surface area contributed by atoms with Crippen molar-refractivity contribution in [1.29, 1.82) is 0 Å². The van der Waals surface area contributed by atoms with E-state index in [9.17, 15) is 0 Å². The van der Waals surface area contributed by atoms with Crippen molar-refractivity contribution in [2.24, 2.45) is 0 Å². The van der Waals surface area contributed by atoms with E-state index < -0.39 is 0 Å². The number of hydrogen-bond acceptors (Lipinski definition) is 0. The fourth-order valence-corrected chi connectivity index (χ4v) is 6.15. The summed E-state index contributed by atoms with van der Waals surface area (Å²) in [5, 5.41) is 2.90. The van der Waals surface area contributed by atoms with Gasteiger partial charge in [0.25, 0.3) is 0 Å². The molecule has 2 aromatic carbocycles. The molecular formula is C24H34P2. The van der Waals surface area contributed by atoms with Crippen LogP contribution in [0.15, 0.2) is 42.5 Å². The number of rotatable bonds is 2. The van der Waals surface area contributed by atoms with E-state index >= 15 is 0 Å². The molecular weight excluding hydrogens is 350 g/mol. The zero-order valence-electron chi connectivity index (χ0n) is 17.9. The van der Waals surface area contributed by atoms with E-state index in [0.717, 1.165) is 0 Å². The Kier molecular flexibility index (Phi) is 6.22. The molecule has 0 atom stereocenters. The van der Waals surface area contributed by atoms with Crippen LogP contribution < -0.4 is 10.6 Å². The molecule has 0 saturated carbocycles. The van der Waals surface area contributed by atoms with E-state index in [4.69, 9.17) is 0 Å². The first-order valence-corrected chi connectivity index (χ1v) is 12.0. The fraction of sp³-hybridized carbons (Fsp3) is 0.500. The van der Waals surface area contributed by atoms with Crippen molar-refractivity contribution in [3.05, 3.63) is 59.2 Å². The minimum atomic E-state index is 0.135. The highest BCUT2D eigenvalue weighted by Crippen LogP contribution is 2.36. The molecule has 0 bridgehead atoms. The fourth-order valence-electron chi connectivity index (χ4n) is 2.92. The van der Waals surface area contributed by atoms with Crippen LogP contribution in [-0.4, -0.2) is 0 Å². The molecule has 0 fully saturated rings. The molecule has 2 heteroatoms. The highest BCUT2D eigenvalue weighted by molar-refractivity contribution is 7.91. The van der Waals surface area contributed by atoms with Gasteiger partial charge in [0, 0.05) is 10.6 Å². The SMILES string of the molecule is CC(C)(C)c1cc(C(C)(C)C)c(P=Pc2ccccc2)c(C(C)(C)C)c1. The third kappa shape index (κ3) is 5.28. The van der Waals surface area contributed by atoms with E-state index in [1.807, 2.05) is 0 Å². The molecule has 0 aromatic heterocycles. The van der Waals surface area contributed by atoms with Crippen molar-refractivity contribution in [3.63, 3.8) is 0 Å². The van der Waals surface area contributed by atoms with Crippen LogP contribution in [0.25, 0.3) is 0 Å². The van der Waals surface area contributed by atoms with Gasteiger partial charge in [-0.3, -0.25) is 0 Å². The molecule has 2 aromatic rings. The summed E-state index contributed by atoms with van der Waals surface area (Å²) < 4.78 is 0. The third-order valence-corrected chi connectivity index (χ3v) is 7.52. The Morgan fingerprint density at radius 2 is 1.04 bits per heavy atom. The summed E-state index contributed by atoms with van der Waals surface area (Å²) in [6.45, 7) is 21.0. The van der Waals surface area contributed by atoms with Crippen LogP contribution in [0.1, 0.15) is 79.0 Å². The summed E-state index contributed by atoms with van der Waals surface area (Å²) in [5.74, 6) is 0. The lowest BCUT2D eigenvalue weighted by molar-refractivity contribution is 0.554. The summed E-state index contributed by atoms with van der Waals surface area (Å²) in [7, 11) is 2.73. The second kappa shape index (κ2) is 7.58. The molecule has 0 radical (unpaired) electrons. The molecule has 0 saturated heterocycles. The van der Waals surface area contributed by atoms with Crippen molar-refractivity contribution >= 4 is 26.3 Å². The van der Waals surface area contributed by atoms with Gasteiger partial charge >= 0.3 is 0 Å². The Morgan fingerprint density at radius 1 is 0.577 bits per heavy atom. The third-order valence-electron chi connectivity index (χ3n) is 4.61. The summed E-state index contributed by atoms with van der Waals surface area (Å²) in [4.78, 5) is 0. The summed E-state index contributed by atoms with van der Waals surface area (Å²) in [6, 6.07) is 15.8. The van der Waals surface area contributed by atoms with Crippen molar-refractivity contribution in [2.75, 3.05) is 0 Å². The Bertz CT molecular complexity index is 745. The Balaban J connectivity index is 2.76. The molecule has 0 unspecified atom stereocenters. The van der Waals surface area contributed by atoms with Gasteiger partial charge in [-0.05, 0) is 48.7 Å². The van der Waals surface area contributed by atoms with Crippen LogP contribution in [0.4, 0.5) is 0 Å². The van der Waals surface area contributed by atoms with Gasteiger partial charge in [0.05, 0.1) is 0 Å². The molecule has 0 aliphatic heterocycles. The van der Waals surface area contributed by atoms with Gasteiger partial charge < -0.3 is 0 Å². The van der Waals surface area contributed by atoms with Crippen LogP contribution in [0, 0.1) is 0 Å². The molecule has 0 N–H and O–H groups in total. The zero-order valence-corrected chi connectivity index (χ0v) is 19.7. The van der Waals surface area contributed by atoms with Gasteiger partial charge in [-0.1, -0.05) is 105 Å². The topological polar surface area (TPSA) is 0 Å². The second-order valence-electron chi connectivity index (χ2n) is 10.2. The Labute approximate surface area is 164 Å². The molecule has 0 nitrogen and oxygen atoms in total. The second-order valence-corrected chi connectivity index (χ2v) is 12.8. The monoisotopic (exact) mass is 384 g/mol. The number of hydrogen-bond donors (Lipinski definition) is 0. The average molecular weight is 384 g/mol. The largest absolute Gasteiger partial charge is 0.0622 e.